The van der Waals surface area contributed by atoms with Crippen LogP contribution in [0.25, 0.3) is 0 Å². The van der Waals surface area contributed by atoms with Crippen LogP contribution >= 0.6 is 0 Å². The van der Waals surface area contributed by atoms with Crippen LogP contribution in [0.1, 0.15) is 36.7 Å². The highest BCUT2D eigenvalue weighted by Crippen LogP contribution is 2.13. The largest absolute Gasteiger partial charge is 0.333 e. The van der Waals surface area contributed by atoms with Crippen molar-refractivity contribution in [2.45, 2.75) is 32.2 Å². The zero-order valence-corrected chi connectivity index (χ0v) is 10.8. The summed E-state index contributed by atoms with van der Waals surface area (Å²) in [5.41, 5.74) is 0.441. The zero-order chi connectivity index (χ0) is 12.8. The summed E-state index contributed by atoms with van der Waals surface area (Å²) in [5.74, 6) is -0.00125. The standard InChI is InChI=1S/C13H20N4O/c1-2-8-17(11-4-3-5-14-9-11)13(18)12-10-15-6-7-16-12/h6-7,10-11,14H,2-5,8-9H2,1H3. The lowest BCUT2D eigenvalue weighted by atomic mass is 10.1. The number of carbonyl (C=O) groups excluding carboxylic acids is 1. The lowest BCUT2D eigenvalue weighted by molar-refractivity contribution is 0.0642. The van der Waals surface area contributed by atoms with Crippen molar-refractivity contribution in [1.29, 1.82) is 0 Å². The number of rotatable bonds is 4. The maximum Gasteiger partial charge on any atom is 0.274 e. The summed E-state index contributed by atoms with van der Waals surface area (Å²) < 4.78 is 0. The Hall–Kier alpha value is -1.49. The quantitative estimate of drug-likeness (QED) is 0.866. The molecule has 1 aromatic rings. The number of amides is 1. The molecule has 1 N–H and O–H groups in total. The first kappa shape index (κ1) is 13.0. The highest BCUT2D eigenvalue weighted by atomic mass is 16.2. The Morgan fingerprint density at radius 1 is 1.56 bits per heavy atom. The van der Waals surface area contributed by atoms with Crippen LogP contribution in [0, 0.1) is 0 Å². The van der Waals surface area contributed by atoms with Crippen LogP contribution in [0.2, 0.25) is 0 Å². The van der Waals surface area contributed by atoms with Crippen molar-refractivity contribution in [3.63, 3.8) is 0 Å². The average Bonchev–Trinajstić information content (AvgIpc) is 2.46. The molecule has 1 aliphatic rings. The van der Waals surface area contributed by atoms with E-state index >= 15 is 0 Å². The maximum atomic E-state index is 12.4. The van der Waals surface area contributed by atoms with Crippen LogP contribution < -0.4 is 5.32 Å². The molecule has 1 atom stereocenters. The van der Waals surface area contributed by atoms with Crippen LogP contribution in [-0.2, 0) is 0 Å². The Labute approximate surface area is 108 Å². The van der Waals surface area contributed by atoms with Crippen molar-refractivity contribution < 1.29 is 4.79 Å². The molecule has 1 fully saturated rings. The lowest BCUT2D eigenvalue weighted by Gasteiger charge is -2.34. The molecule has 0 aliphatic carbocycles. The molecule has 1 amide bonds. The first-order valence-corrected chi connectivity index (χ1v) is 6.60. The van der Waals surface area contributed by atoms with Crippen LogP contribution in [-0.4, -0.2) is 46.5 Å². The third-order valence-corrected chi connectivity index (χ3v) is 3.22. The highest BCUT2D eigenvalue weighted by molar-refractivity contribution is 5.92. The van der Waals surface area contributed by atoms with Crippen molar-refractivity contribution in [3.05, 3.63) is 24.3 Å². The van der Waals surface area contributed by atoms with Gasteiger partial charge in [-0.3, -0.25) is 9.78 Å². The Balaban J connectivity index is 2.11. The second-order valence-corrected chi connectivity index (χ2v) is 4.59. The minimum absolute atomic E-state index is 0.00125. The lowest BCUT2D eigenvalue weighted by Crippen LogP contribution is -2.49. The van der Waals surface area contributed by atoms with Gasteiger partial charge in [-0.1, -0.05) is 6.92 Å². The van der Waals surface area contributed by atoms with Crippen LogP contribution in [0.3, 0.4) is 0 Å². The summed E-state index contributed by atoms with van der Waals surface area (Å²) >= 11 is 0. The van der Waals surface area contributed by atoms with Gasteiger partial charge in [-0.2, -0.15) is 0 Å². The van der Waals surface area contributed by atoms with E-state index in [1.165, 1.54) is 0 Å². The van der Waals surface area contributed by atoms with Crippen molar-refractivity contribution >= 4 is 5.91 Å². The fourth-order valence-electron chi connectivity index (χ4n) is 2.35. The van der Waals surface area contributed by atoms with Gasteiger partial charge in [0, 0.05) is 31.5 Å². The SMILES string of the molecule is CCCN(C(=O)c1cnccn1)C1CCCNC1. The van der Waals surface area contributed by atoms with Gasteiger partial charge in [0.1, 0.15) is 5.69 Å². The molecule has 1 saturated heterocycles. The van der Waals surface area contributed by atoms with E-state index in [9.17, 15) is 4.79 Å². The topological polar surface area (TPSA) is 58.1 Å². The van der Waals surface area contributed by atoms with E-state index in [0.29, 0.717) is 5.69 Å². The fraction of sp³-hybridized carbons (Fsp3) is 0.615. The van der Waals surface area contributed by atoms with E-state index < -0.39 is 0 Å². The van der Waals surface area contributed by atoms with Crippen LogP contribution in [0.5, 0.6) is 0 Å². The first-order valence-electron chi connectivity index (χ1n) is 6.60. The number of piperidine rings is 1. The van der Waals surface area contributed by atoms with E-state index in [2.05, 4.69) is 22.2 Å². The third-order valence-electron chi connectivity index (χ3n) is 3.22. The number of hydrogen-bond acceptors (Lipinski definition) is 4. The Morgan fingerprint density at radius 3 is 3.06 bits per heavy atom. The van der Waals surface area contributed by atoms with E-state index in [1.54, 1.807) is 18.6 Å². The number of aromatic nitrogens is 2. The van der Waals surface area contributed by atoms with E-state index in [0.717, 1.165) is 38.9 Å². The van der Waals surface area contributed by atoms with Crippen LogP contribution in [0.4, 0.5) is 0 Å². The Bertz CT molecular complexity index is 376. The first-order chi connectivity index (χ1) is 8.83. The minimum Gasteiger partial charge on any atom is -0.333 e. The molecule has 5 nitrogen and oxygen atoms in total. The average molecular weight is 248 g/mol. The van der Waals surface area contributed by atoms with Gasteiger partial charge in [0.25, 0.3) is 5.91 Å². The number of nitrogens with one attached hydrogen (secondary N) is 1. The molecule has 0 bridgehead atoms. The molecule has 18 heavy (non-hydrogen) atoms. The molecule has 98 valence electrons. The smallest absolute Gasteiger partial charge is 0.274 e. The molecule has 0 saturated carbocycles. The van der Waals surface area contributed by atoms with Crippen molar-refractivity contribution in [1.82, 2.24) is 20.2 Å². The van der Waals surface area contributed by atoms with Crippen molar-refractivity contribution in [2.24, 2.45) is 0 Å². The minimum atomic E-state index is -0.00125. The maximum absolute atomic E-state index is 12.4. The Morgan fingerprint density at radius 2 is 2.44 bits per heavy atom. The molecule has 1 aliphatic heterocycles. The van der Waals surface area contributed by atoms with Gasteiger partial charge in [0.2, 0.25) is 0 Å². The van der Waals surface area contributed by atoms with Gasteiger partial charge in [0.05, 0.1) is 6.20 Å². The Kier molecular flexibility index (Phi) is 4.64. The molecule has 2 heterocycles. The van der Waals surface area contributed by atoms with E-state index in [4.69, 9.17) is 0 Å². The summed E-state index contributed by atoms with van der Waals surface area (Å²) in [7, 11) is 0. The predicted octanol–water partition coefficient (Wildman–Crippen LogP) is 1.08. The van der Waals surface area contributed by atoms with Gasteiger partial charge in [0.15, 0.2) is 0 Å². The van der Waals surface area contributed by atoms with Gasteiger partial charge >= 0.3 is 0 Å². The van der Waals surface area contributed by atoms with Gasteiger partial charge in [-0.05, 0) is 25.8 Å². The summed E-state index contributed by atoms with van der Waals surface area (Å²) in [5, 5.41) is 3.35. The molecular formula is C13H20N4O. The van der Waals surface area contributed by atoms with Gasteiger partial charge in [-0.25, -0.2) is 4.98 Å². The van der Waals surface area contributed by atoms with E-state index in [-0.39, 0.29) is 11.9 Å². The van der Waals surface area contributed by atoms with Gasteiger partial charge < -0.3 is 10.2 Å². The monoisotopic (exact) mass is 248 g/mol. The second-order valence-electron chi connectivity index (χ2n) is 4.59. The summed E-state index contributed by atoms with van der Waals surface area (Å²) in [6.45, 7) is 4.80. The number of carbonyl (C=O) groups is 1. The molecular weight excluding hydrogens is 228 g/mol. The highest BCUT2D eigenvalue weighted by Gasteiger charge is 2.26. The van der Waals surface area contributed by atoms with Crippen molar-refractivity contribution in [3.8, 4) is 0 Å². The fourth-order valence-corrected chi connectivity index (χ4v) is 2.35. The molecule has 0 radical (unpaired) electrons. The van der Waals surface area contributed by atoms with E-state index in [1.807, 2.05) is 4.90 Å². The normalized spacial score (nSPS) is 19.5. The summed E-state index contributed by atoms with van der Waals surface area (Å²) in [6, 6.07) is 0.285. The third kappa shape index (κ3) is 3.04. The number of hydrogen-bond donors (Lipinski definition) is 1. The van der Waals surface area contributed by atoms with Gasteiger partial charge in [-0.15, -0.1) is 0 Å². The molecule has 1 aromatic heterocycles. The molecule has 2 rings (SSSR count). The zero-order valence-electron chi connectivity index (χ0n) is 10.8. The van der Waals surface area contributed by atoms with Crippen LogP contribution in [0.15, 0.2) is 18.6 Å². The molecule has 0 aromatic carbocycles. The molecule has 1 unspecified atom stereocenters. The molecule has 5 heteroatoms. The summed E-state index contributed by atoms with van der Waals surface area (Å²) in [4.78, 5) is 22.4. The number of nitrogens with zero attached hydrogens (tertiary/aromatic N) is 3. The predicted molar refractivity (Wildman–Crippen MR) is 69.3 cm³/mol. The second kappa shape index (κ2) is 6.44. The summed E-state index contributed by atoms with van der Waals surface area (Å²) in [6.07, 6.45) is 7.85. The van der Waals surface area contributed by atoms with Crippen molar-refractivity contribution in [2.75, 3.05) is 19.6 Å². The molecule has 0 spiro atoms.